The highest BCUT2D eigenvalue weighted by atomic mass is 16.2. The van der Waals surface area contributed by atoms with Crippen LogP contribution in [0.3, 0.4) is 0 Å². The number of nitrogens with zero attached hydrogens (tertiary/aromatic N) is 3. The van der Waals surface area contributed by atoms with Crippen molar-refractivity contribution in [3.63, 3.8) is 0 Å². The molecule has 1 aromatic heterocycles. The topological polar surface area (TPSA) is 79.3 Å². The molecule has 2 amide bonds. The van der Waals surface area contributed by atoms with Gasteiger partial charge in [0.1, 0.15) is 0 Å². The van der Waals surface area contributed by atoms with E-state index in [1.54, 1.807) is 16.9 Å². The molecular weight excluding hydrogens is 318 g/mol. The van der Waals surface area contributed by atoms with Crippen LogP contribution in [0.2, 0.25) is 0 Å². The average molecular weight is 343 g/mol. The Kier molecular flexibility index (Phi) is 6.71. The summed E-state index contributed by atoms with van der Waals surface area (Å²) in [6, 6.07) is 7.34. The van der Waals surface area contributed by atoms with E-state index in [2.05, 4.69) is 20.6 Å². The molecule has 1 heterocycles. The van der Waals surface area contributed by atoms with Gasteiger partial charge in [-0.05, 0) is 39.2 Å². The predicted octanol–water partition coefficient (Wildman–Crippen LogP) is 1.19. The maximum atomic E-state index is 12.5. The number of hydrogen-bond donors (Lipinski definition) is 2. The molecule has 0 saturated heterocycles. The van der Waals surface area contributed by atoms with Crippen molar-refractivity contribution in [1.82, 2.24) is 25.3 Å². The summed E-state index contributed by atoms with van der Waals surface area (Å²) in [4.78, 5) is 25.6. The number of benzene rings is 1. The van der Waals surface area contributed by atoms with Crippen molar-refractivity contribution in [1.29, 1.82) is 0 Å². The van der Waals surface area contributed by atoms with Crippen molar-refractivity contribution in [3.05, 3.63) is 47.8 Å². The lowest BCUT2D eigenvalue weighted by Gasteiger charge is -2.12. The standard InChI is InChI=1S/C18H25N5O2/c1-14(24)20-11-15-12-21-23(13-15)17-8-5-4-7-16(17)18(25)19-9-6-10-22(2)3/h4-5,7-8,12-13H,6,9-11H2,1-3H3,(H,19,25)(H,20,24). The molecule has 0 bridgehead atoms. The van der Waals surface area contributed by atoms with Gasteiger partial charge in [0.15, 0.2) is 0 Å². The molecular formula is C18H25N5O2. The molecule has 0 saturated carbocycles. The normalized spacial score (nSPS) is 10.7. The van der Waals surface area contributed by atoms with Crippen LogP contribution < -0.4 is 10.6 Å². The summed E-state index contributed by atoms with van der Waals surface area (Å²) in [7, 11) is 4.01. The van der Waals surface area contributed by atoms with Gasteiger partial charge in [-0.1, -0.05) is 12.1 Å². The number of rotatable bonds is 8. The van der Waals surface area contributed by atoms with E-state index in [1.807, 2.05) is 38.5 Å². The number of aromatic nitrogens is 2. The first-order valence-corrected chi connectivity index (χ1v) is 8.27. The maximum Gasteiger partial charge on any atom is 0.253 e. The highest BCUT2D eigenvalue weighted by Crippen LogP contribution is 2.14. The zero-order chi connectivity index (χ0) is 18.2. The van der Waals surface area contributed by atoms with E-state index in [-0.39, 0.29) is 11.8 Å². The molecule has 2 rings (SSSR count). The molecule has 7 nitrogen and oxygen atoms in total. The largest absolute Gasteiger partial charge is 0.352 e. The first kappa shape index (κ1) is 18.7. The smallest absolute Gasteiger partial charge is 0.253 e. The molecule has 0 aliphatic rings. The van der Waals surface area contributed by atoms with E-state index < -0.39 is 0 Å². The van der Waals surface area contributed by atoms with E-state index >= 15 is 0 Å². The minimum Gasteiger partial charge on any atom is -0.352 e. The lowest BCUT2D eigenvalue weighted by molar-refractivity contribution is -0.119. The predicted molar refractivity (Wildman–Crippen MR) is 96.6 cm³/mol. The van der Waals surface area contributed by atoms with Gasteiger partial charge in [0.2, 0.25) is 5.91 Å². The van der Waals surface area contributed by atoms with Crippen LogP contribution in [-0.4, -0.2) is 53.7 Å². The second-order valence-corrected chi connectivity index (χ2v) is 6.13. The van der Waals surface area contributed by atoms with E-state index in [9.17, 15) is 9.59 Å². The highest BCUT2D eigenvalue weighted by Gasteiger charge is 2.13. The summed E-state index contributed by atoms with van der Waals surface area (Å²) in [6.07, 6.45) is 4.39. The first-order valence-electron chi connectivity index (χ1n) is 8.27. The van der Waals surface area contributed by atoms with Crippen LogP contribution in [0.25, 0.3) is 5.69 Å². The van der Waals surface area contributed by atoms with Crippen LogP contribution in [0.5, 0.6) is 0 Å². The van der Waals surface area contributed by atoms with E-state index in [0.29, 0.717) is 24.3 Å². The van der Waals surface area contributed by atoms with Crippen molar-refractivity contribution in [2.75, 3.05) is 27.2 Å². The molecule has 134 valence electrons. The van der Waals surface area contributed by atoms with E-state index in [0.717, 1.165) is 18.5 Å². The minimum absolute atomic E-state index is 0.0924. The fourth-order valence-corrected chi connectivity index (χ4v) is 2.37. The third-order valence-corrected chi connectivity index (χ3v) is 3.64. The molecule has 7 heteroatoms. The summed E-state index contributed by atoms with van der Waals surface area (Å²) in [5.74, 6) is -0.210. The molecule has 1 aromatic carbocycles. The lowest BCUT2D eigenvalue weighted by Crippen LogP contribution is -2.28. The Balaban J connectivity index is 2.07. The summed E-state index contributed by atoms with van der Waals surface area (Å²) in [6.45, 7) is 3.43. The lowest BCUT2D eigenvalue weighted by atomic mass is 10.1. The van der Waals surface area contributed by atoms with Gasteiger partial charge in [-0.15, -0.1) is 0 Å². The molecule has 0 aliphatic carbocycles. The Labute approximate surface area is 148 Å². The fraction of sp³-hybridized carbons (Fsp3) is 0.389. The monoisotopic (exact) mass is 343 g/mol. The number of carbonyl (C=O) groups is 2. The zero-order valence-electron chi connectivity index (χ0n) is 15.0. The second kappa shape index (κ2) is 8.98. The van der Waals surface area contributed by atoms with Crippen LogP contribution >= 0.6 is 0 Å². The van der Waals surface area contributed by atoms with Gasteiger partial charge in [0.05, 0.1) is 17.4 Å². The molecule has 0 aliphatic heterocycles. The van der Waals surface area contributed by atoms with Gasteiger partial charge in [0, 0.05) is 31.8 Å². The van der Waals surface area contributed by atoms with Crippen molar-refractivity contribution in [2.24, 2.45) is 0 Å². The van der Waals surface area contributed by atoms with Crippen LogP contribution in [0, 0.1) is 0 Å². The summed E-state index contributed by atoms with van der Waals surface area (Å²) in [5.41, 5.74) is 2.15. The second-order valence-electron chi connectivity index (χ2n) is 6.13. The Hall–Kier alpha value is -2.67. The van der Waals surface area contributed by atoms with Crippen molar-refractivity contribution in [3.8, 4) is 5.69 Å². The van der Waals surface area contributed by atoms with Gasteiger partial charge in [0.25, 0.3) is 5.91 Å². The van der Waals surface area contributed by atoms with Gasteiger partial charge in [-0.3, -0.25) is 9.59 Å². The molecule has 0 atom stereocenters. The van der Waals surface area contributed by atoms with Crippen LogP contribution in [0.4, 0.5) is 0 Å². The van der Waals surface area contributed by atoms with Crippen LogP contribution in [0.1, 0.15) is 29.3 Å². The van der Waals surface area contributed by atoms with E-state index in [1.165, 1.54) is 6.92 Å². The van der Waals surface area contributed by atoms with Crippen LogP contribution in [-0.2, 0) is 11.3 Å². The van der Waals surface area contributed by atoms with Gasteiger partial charge in [-0.25, -0.2) is 4.68 Å². The van der Waals surface area contributed by atoms with Gasteiger partial charge >= 0.3 is 0 Å². The number of nitrogens with one attached hydrogen (secondary N) is 2. The Morgan fingerprint density at radius 3 is 2.68 bits per heavy atom. The first-order chi connectivity index (χ1) is 12.0. The SMILES string of the molecule is CC(=O)NCc1cnn(-c2ccccc2C(=O)NCCCN(C)C)c1. The summed E-state index contributed by atoms with van der Waals surface area (Å²) >= 11 is 0. The van der Waals surface area contributed by atoms with Crippen LogP contribution in [0.15, 0.2) is 36.7 Å². The molecule has 2 aromatic rings. The molecule has 0 radical (unpaired) electrons. The molecule has 0 spiro atoms. The number of hydrogen-bond acceptors (Lipinski definition) is 4. The molecule has 0 unspecified atom stereocenters. The van der Waals surface area contributed by atoms with E-state index in [4.69, 9.17) is 0 Å². The maximum absolute atomic E-state index is 12.5. The number of carbonyl (C=O) groups excluding carboxylic acids is 2. The molecule has 2 N–H and O–H groups in total. The summed E-state index contributed by atoms with van der Waals surface area (Å²) < 4.78 is 1.66. The Morgan fingerprint density at radius 1 is 1.20 bits per heavy atom. The minimum atomic E-state index is -0.117. The fourth-order valence-electron chi connectivity index (χ4n) is 2.37. The average Bonchev–Trinajstić information content (AvgIpc) is 3.05. The summed E-state index contributed by atoms with van der Waals surface area (Å²) in [5, 5.41) is 9.99. The van der Waals surface area contributed by atoms with Gasteiger partial charge in [-0.2, -0.15) is 5.10 Å². The molecule has 0 fully saturated rings. The van der Waals surface area contributed by atoms with Crippen molar-refractivity contribution in [2.45, 2.75) is 19.9 Å². The zero-order valence-corrected chi connectivity index (χ0v) is 15.0. The Bertz CT molecular complexity index is 724. The Morgan fingerprint density at radius 2 is 1.96 bits per heavy atom. The van der Waals surface area contributed by atoms with Crippen molar-refractivity contribution >= 4 is 11.8 Å². The quantitative estimate of drug-likeness (QED) is 0.706. The van der Waals surface area contributed by atoms with Gasteiger partial charge < -0.3 is 15.5 Å². The number of amides is 2. The number of para-hydroxylation sites is 1. The third kappa shape index (κ3) is 5.72. The highest BCUT2D eigenvalue weighted by molar-refractivity contribution is 5.97. The third-order valence-electron chi connectivity index (χ3n) is 3.64. The molecule has 25 heavy (non-hydrogen) atoms. The van der Waals surface area contributed by atoms with Crippen molar-refractivity contribution < 1.29 is 9.59 Å².